The number of hydrogen-bond acceptors (Lipinski definition) is 10. The number of aryl methyl sites for hydroxylation is 1. The van der Waals surface area contributed by atoms with Crippen LogP contribution in [0.3, 0.4) is 0 Å². The van der Waals surface area contributed by atoms with Crippen LogP contribution in [0.5, 0.6) is 5.75 Å². The number of carbonyl (C=O) groups is 2. The first-order valence-electron chi connectivity index (χ1n) is 12.6. The van der Waals surface area contributed by atoms with E-state index in [-0.39, 0.29) is 29.4 Å². The summed E-state index contributed by atoms with van der Waals surface area (Å²) in [5.74, 6) is -2.81. The summed E-state index contributed by atoms with van der Waals surface area (Å²) in [6.07, 6.45) is 0. The molecule has 0 unspecified atom stereocenters. The van der Waals surface area contributed by atoms with Crippen LogP contribution in [0.4, 0.5) is 17.1 Å². The molecule has 0 spiro atoms. The number of benzene rings is 3. The van der Waals surface area contributed by atoms with Crippen LogP contribution >= 0.6 is 23.1 Å². The number of ether oxygens (including phenoxy) is 1. The van der Waals surface area contributed by atoms with Crippen molar-refractivity contribution in [1.29, 1.82) is 0 Å². The van der Waals surface area contributed by atoms with Gasteiger partial charge in [-0.15, -0.1) is 0 Å². The molecule has 3 atom stereocenters. The largest absolute Gasteiger partial charge is 0.489 e. The number of aromatic nitrogens is 1. The zero-order valence-electron chi connectivity index (χ0n) is 21.7. The summed E-state index contributed by atoms with van der Waals surface area (Å²) in [4.78, 5) is 65.8. The van der Waals surface area contributed by atoms with Crippen LogP contribution in [-0.4, -0.2) is 31.9 Å². The zero-order valence-corrected chi connectivity index (χ0v) is 23.3. The van der Waals surface area contributed by atoms with Crippen LogP contribution < -0.4 is 14.5 Å². The fourth-order valence-electron chi connectivity index (χ4n) is 5.28. The third kappa shape index (κ3) is 4.63. The lowest BCUT2D eigenvalue weighted by molar-refractivity contribution is -0.385. The highest BCUT2D eigenvalue weighted by Gasteiger charge is 2.57. The molecule has 12 nitrogen and oxygen atoms in total. The quantitative estimate of drug-likeness (QED) is 0.175. The van der Waals surface area contributed by atoms with Crippen LogP contribution in [0.1, 0.15) is 27.5 Å². The van der Waals surface area contributed by atoms with E-state index in [0.29, 0.717) is 15.5 Å². The number of aromatic amines is 1. The average Bonchev–Trinajstić information content (AvgIpc) is 3.46. The smallest absolute Gasteiger partial charge is 0.305 e. The van der Waals surface area contributed by atoms with Gasteiger partial charge in [0, 0.05) is 40.6 Å². The van der Waals surface area contributed by atoms with Gasteiger partial charge in [-0.3, -0.25) is 34.6 Å². The summed E-state index contributed by atoms with van der Waals surface area (Å²) in [5.41, 5.74) is 1.90. The molecule has 1 saturated heterocycles. The predicted octanol–water partition coefficient (Wildman–Crippen LogP) is 4.94. The van der Waals surface area contributed by atoms with Crippen molar-refractivity contribution in [2.45, 2.75) is 29.7 Å². The number of imide groups is 1. The standard InChI is InChI=1S/C28H20N4O8S2/c1-14-4-2-3-5-15(14)13-40-20-11-10-18(32(38)39)12-19(20)21-22-24(41-25-23(21)42-28(35)29-25)27(34)30(26(22)33)16-6-8-17(9-7-16)31(36)37/h2-12,21-22,24H,13H2,1H3,(H,29,35)/t21-,22-,24+/m0/s1. The van der Waals surface area contributed by atoms with Crippen molar-refractivity contribution < 1.29 is 24.2 Å². The molecule has 2 amide bonds. The number of amides is 2. The molecule has 0 bridgehead atoms. The van der Waals surface area contributed by atoms with Gasteiger partial charge in [0.2, 0.25) is 11.8 Å². The first-order chi connectivity index (χ1) is 20.1. The number of nitro benzene ring substituents is 2. The maximum atomic E-state index is 14.0. The van der Waals surface area contributed by atoms with Crippen LogP contribution in [0.25, 0.3) is 0 Å². The molecule has 6 rings (SSSR count). The number of nitro groups is 2. The van der Waals surface area contributed by atoms with E-state index in [1.807, 2.05) is 31.2 Å². The Morgan fingerprint density at radius 3 is 2.31 bits per heavy atom. The van der Waals surface area contributed by atoms with E-state index < -0.39 is 43.6 Å². The van der Waals surface area contributed by atoms with Crippen molar-refractivity contribution in [3.63, 3.8) is 0 Å². The average molecular weight is 605 g/mol. The fraction of sp³-hybridized carbons (Fsp3) is 0.179. The fourth-order valence-corrected chi connectivity index (χ4v) is 7.79. The molecule has 3 aromatic carbocycles. The number of hydrogen-bond donors (Lipinski definition) is 1. The third-order valence-electron chi connectivity index (χ3n) is 7.33. The number of non-ortho nitro benzene ring substituents is 2. The summed E-state index contributed by atoms with van der Waals surface area (Å²) >= 11 is 1.93. The molecule has 0 saturated carbocycles. The highest BCUT2D eigenvalue weighted by Crippen LogP contribution is 2.55. The Hall–Kier alpha value is -4.82. The topological polar surface area (TPSA) is 166 Å². The molecule has 0 radical (unpaired) electrons. The maximum absolute atomic E-state index is 14.0. The van der Waals surface area contributed by atoms with Gasteiger partial charge in [0.15, 0.2) is 0 Å². The second-order valence-electron chi connectivity index (χ2n) is 9.73. The number of thiazole rings is 1. The Morgan fingerprint density at radius 1 is 0.929 bits per heavy atom. The maximum Gasteiger partial charge on any atom is 0.305 e. The summed E-state index contributed by atoms with van der Waals surface area (Å²) < 4.78 is 6.18. The molecule has 1 N–H and O–H groups in total. The Balaban J connectivity index is 1.47. The van der Waals surface area contributed by atoms with Gasteiger partial charge in [-0.25, -0.2) is 4.90 Å². The number of nitrogens with zero attached hydrogens (tertiary/aromatic N) is 3. The van der Waals surface area contributed by atoms with E-state index in [0.717, 1.165) is 39.1 Å². The Kier molecular flexibility index (Phi) is 6.86. The number of fused-ring (bicyclic) bond motifs is 2. The first-order valence-corrected chi connectivity index (χ1v) is 14.3. The van der Waals surface area contributed by atoms with Gasteiger partial charge in [-0.2, -0.15) is 0 Å². The lowest BCUT2D eigenvalue weighted by Crippen LogP contribution is -2.32. The van der Waals surface area contributed by atoms with Gasteiger partial charge in [0.25, 0.3) is 11.4 Å². The number of rotatable bonds is 7. The number of H-pyrrole nitrogens is 1. The number of thioether (sulfide) groups is 1. The van der Waals surface area contributed by atoms with E-state index in [4.69, 9.17) is 4.74 Å². The van der Waals surface area contributed by atoms with Crippen LogP contribution in [0.15, 0.2) is 76.6 Å². The molecule has 1 fully saturated rings. The van der Waals surface area contributed by atoms with Crippen molar-refractivity contribution in [3.8, 4) is 5.75 Å². The lowest BCUT2D eigenvalue weighted by atomic mass is 9.82. The van der Waals surface area contributed by atoms with E-state index in [1.54, 1.807) is 0 Å². The van der Waals surface area contributed by atoms with E-state index in [1.165, 1.54) is 42.5 Å². The van der Waals surface area contributed by atoms with Gasteiger partial charge >= 0.3 is 4.87 Å². The highest BCUT2D eigenvalue weighted by molar-refractivity contribution is 8.00. The molecular formula is C28H20N4O8S2. The Morgan fingerprint density at radius 2 is 1.62 bits per heavy atom. The normalized spacial score (nSPS) is 19.4. The van der Waals surface area contributed by atoms with Crippen LogP contribution in [0, 0.1) is 33.1 Å². The van der Waals surface area contributed by atoms with E-state index in [9.17, 15) is 34.6 Å². The SMILES string of the molecule is Cc1ccccc1COc1ccc([N+](=O)[O-])cc1[C@@H]1c2sc(=O)[nH]c2S[C@H]2C(=O)N(c3ccc([N+](=O)[O-])cc3)C(=O)[C@@H]12. The van der Waals surface area contributed by atoms with Crippen LogP contribution in [-0.2, 0) is 16.2 Å². The summed E-state index contributed by atoms with van der Waals surface area (Å²) in [6, 6.07) is 16.7. The first kappa shape index (κ1) is 27.4. The third-order valence-corrected chi connectivity index (χ3v) is 9.73. The van der Waals surface area contributed by atoms with Crippen LogP contribution in [0.2, 0.25) is 0 Å². The summed E-state index contributed by atoms with van der Waals surface area (Å²) in [7, 11) is 0. The number of carbonyl (C=O) groups excluding carboxylic acids is 2. The minimum atomic E-state index is -1.03. The molecule has 2 aliphatic rings. The molecule has 1 aromatic heterocycles. The van der Waals surface area contributed by atoms with Crippen molar-refractivity contribution in [2.24, 2.45) is 5.92 Å². The molecular weight excluding hydrogens is 584 g/mol. The summed E-state index contributed by atoms with van der Waals surface area (Å²) in [5, 5.41) is 22.4. The molecule has 212 valence electrons. The second-order valence-corrected chi connectivity index (χ2v) is 11.9. The number of nitrogens with one attached hydrogen (secondary N) is 1. The van der Waals surface area contributed by atoms with E-state index >= 15 is 0 Å². The minimum absolute atomic E-state index is 0.144. The van der Waals surface area contributed by atoms with Crippen molar-refractivity contribution in [1.82, 2.24) is 4.98 Å². The Labute approximate surface area is 245 Å². The monoisotopic (exact) mass is 604 g/mol. The van der Waals surface area contributed by atoms with Gasteiger partial charge in [0.1, 0.15) is 17.6 Å². The molecule has 42 heavy (non-hydrogen) atoms. The van der Waals surface area contributed by atoms with Gasteiger partial charge < -0.3 is 9.72 Å². The minimum Gasteiger partial charge on any atom is -0.489 e. The molecule has 3 heterocycles. The highest BCUT2D eigenvalue weighted by atomic mass is 32.2. The predicted molar refractivity (Wildman–Crippen MR) is 154 cm³/mol. The van der Waals surface area contributed by atoms with Crippen molar-refractivity contribution in [3.05, 3.63) is 118 Å². The van der Waals surface area contributed by atoms with Gasteiger partial charge in [-0.1, -0.05) is 47.4 Å². The summed E-state index contributed by atoms with van der Waals surface area (Å²) in [6.45, 7) is 2.07. The van der Waals surface area contributed by atoms with Gasteiger partial charge in [0.05, 0.1) is 26.5 Å². The van der Waals surface area contributed by atoms with E-state index in [2.05, 4.69) is 4.98 Å². The second kappa shape index (κ2) is 10.5. The lowest BCUT2D eigenvalue weighted by Gasteiger charge is -2.30. The molecule has 0 aliphatic carbocycles. The van der Waals surface area contributed by atoms with Gasteiger partial charge in [-0.05, 0) is 36.2 Å². The molecule has 2 aliphatic heterocycles. The van der Waals surface area contributed by atoms with Crippen molar-refractivity contribution >= 4 is 52.0 Å². The molecule has 4 aromatic rings. The Bertz CT molecular complexity index is 1830. The molecule has 14 heteroatoms. The van der Waals surface area contributed by atoms with Crippen molar-refractivity contribution in [2.75, 3.05) is 4.90 Å². The number of anilines is 1. The zero-order chi connectivity index (χ0) is 29.7.